The van der Waals surface area contributed by atoms with Crippen LogP contribution >= 0.6 is 0 Å². The van der Waals surface area contributed by atoms with E-state index >= 15 is 0 Å². The second kappa shape index (κ2) is 9.87. The van der Waals surface area contributed by atoms with Gasteiger partial charge >= 0.3 is 5.97 Å². The van der Waals surface area contributed by atoms with E-state index in [0.29, 0.717) is 11.3 Å². The van der Waals surface area contributed by atoms with Gasteiger partial charge in [-0.15, -0.1) is 0 Å². The van der Waals surface area contributed by atoms with Crippen molar-refractivity contribution in [3.05, 3.63) is 64.7 Å². The SMILES string of the molecule is C[C@@H](NC(=O)COC(=O)COc1ccc(C=O)cc1)c1ccc2c(c1)CCCC2. The highest BCUT2D eigenvalue weighted by Gasteiger charge is 2.15. The van der Waals surface area contributed by atoms with E-state index in [2.05, 4.69) is 17.4 Å². The number of esters is 1. The van der Waals surface area contributed by atoms with Crippen LogP contribution in [0.25, 0.3) is 0 Å². The maximum absolute atomic E-state index is 12.1. The fourth-order valence-corrected chi connectivity index (χ4v) is 3.36. The van der Waals surface area contributed by atoms with Crippen molar-refractivity contribution in [2.24, 2.45) is 0 Å². The minimum absolute atomic E-state index is 0.166. The number of carbonyl (C=O) groups excluding carboxylic acids is 3. The molecule has 152 valence electrons. The van der Waals surface area contributed by atoms with Gasteiger partial charge in [0.15, 0.2) is 13.2 Å². The summed E-state index contributed by atoms with van der Waals surface area (Å²) < 4.78 is 10.2. The second-order valence-corrected chi connectivity index (χ2v) is 7.16. The molecule has 0 radical (unpaired) electrons. The first-order valence-electron chi connectivity index (χ1n) is 9.80. The van der Waals surface area contributed by atoms with Gasteiger partial charge in [-0.05, 0) is 73.6 Å². The van der Waals surface area contributed by atoms with E-state index in [1.807, 2.05) is 13.0 Å². The maximum atomic E-state index is 12.1. The number of benzene rings is 2. The molecule has 0 saturated heterocycles. The predicted octanol–water partition coefficient (Wildman–Crippen LogP) is 3.18. The van der Waals surface area contributed by atoms with Gasteiger partial charge in [-0.1, -0.05) is 18.2 Å². The molecule has 1 aliphatic carbocycles. The van der Waals surface area contributed by atoms with Crippen LogP contribution in [0.15, 0.2) is 42.5 Å². The fourth-order valence-electron chi connectivity index (χ4n) is 3.36. The molecule has 6 heteroatoms. The number of ether oxygens (including phenoxy) is 2. The highest BCUT2D eigenvalue weighted by Crippen LogP contribution is 2.24. The number of nitrogens with one attached hydrogen (secondary N) is 1. The number of hydrogen-bond acceptors (Lipinski definition) is 5. The van der Waals surface area contributed by atoms with Crippen LogP contribution in [0.5, 0.6) is 5.75 Å². The van der Waals surface area contributed by atoms with Gasteiger partial charge in [0, 0.05) is 5.56 Å². The first-order chi connectivity index (χ1) is 14.0. The lowest BCUT2D eigenvalue weighted by Gasteiger charge is -2.20. The fraction of sp³-hybridized carbons (Fsp3) is 0.348. The van der Waals surface area contributed by atoms with Gasteiger partial charge in [0.1, 0.15) is 12.0 Å². The Bertz CT molecular complexity index is 875. The van der Waals surface area contributed by atoms with E-state index in [0.717, 1.165) is 24.7 Å². The van der Waals surface area contributed by atoms with Crippen LogP contribution in [0.2, 0.25) is 0 Å². The second-order valence-electron chi connectivity index (χ2n) is 7.16. The molecule has 2 aromatic rings. The zero-order valence-corrected chi connectivity index (χ0v) is 16.5. The van der Waals surface area contributed by atoms with Crippen molar-refractivity contribution in [1.82, 2.24) is 5.32 Å². The van der Waals surface area contributed by atoms with Crippen LogP contribution in [-0.4, -0.2) is 31.4 Å². The molecule has 0 fully saturated rings. The molecule has 29 heavy (non-hydrogen) atoms. The molecule has 0 saturated carbocycles. The minimum Gasteiger partial charge on any atom is -0.482 e. The third-order valence-electron chi connectivity index (χ3n) is 4.99. The summed E-state index contributed by atoms with van der Waals surface area (Å²) in [6.07, 6.45) is 5.37. The third kappa shape index (κ3) is 5.91. The van der Waals surface area contributed by atoms with Gasteiger partial charge in [-0.3, -0.25) is 9.59 Å². The van der Waals surface area contributed by atoms with Crippen LogP contribution in [0, 0.1) is 0 Å². The number of hydrogen-bond donors (Lipinski definition) is 1. The number of amides is 1. The van der Waals surface area contributed by atoms with Crippen molar-refractivity contribution in [3.63, 3.8) is 0 Å². The number of aryl methyl sites for hydroxylation is 2. The highest BCUT2D eigenvalue weighted by atomic mass is 16.6. The molecule has 3 rings (SSSR count). The summed E-state index contributed by atoms with van der Waals surface area (Å²) >= 11 is 0. The lowest BCUT2D eigenvalue weighted by molar-refractivity contribution is -0.150. The van der Waals surface area contributed by atoms with Crippen molar-refractivity contribution in [1.29, 1.82) is 0 Å². The van der Waals surface area contributed by atoms with E-state index in [4.69, 9.17) is 9.47 Å². The van der Waals surface area contributed by atoms with Gasteiger partial charge in [-0.2, -0.15) is 0 Å². The summed E-state index contributed by atoms with van der Waals surface area (Å²) in [6.45, 7) is 1.24. The standard InChI is InChI=1S/C23H25NO5/c1-16(19-9-8-18-4-2-3-5-20(18)12-19)24-22(26)14-29-23(27)15-28-21-10-6-17(13-25)7-11-21/h6-13,16H,2-5,14-15H2,1H3,(H,24,26)/t16-/m1/s1. The Morgan fingerprint density at radius 2 is 1.76 bits per heavy atom. The van der Waals surface area contributed by atoms with Crippen molar-refractivity contribution >= 4 is 18.2 Å². The summed E-state index contributed by atoms with van der Waals surface area (Å²) in [7, 11) is 0. The van der Waals surface area contributed by atoms with Crippen molar-refractivity contribution < 1.29 is 23.9 Å². The molecule has 2 aromatic carbocycles. The molecule has 1 N–H and O–H groups in total. The van der Waals surface area contributed by atoms with E-state index in [1.54, 1.807) is 24.3 Å². The quantitative estimate of drug-likeness (QED) is 0.548. The molecule has 1 atom stereocenters. The van der Waals surface area contributed by atoms with E-state index in [1.165, 1.54) is 24.0 Å². The lowest BCUT2D eigenvalue weighted by atomic mass is 9.89. The Kier molecular flexibility index (Phi) is 7.00. The number of carbonyl (C=O) groups is 3. The summed E-state index contributed by atoms with van der Waals surface area (Å²) in [4.78, 5) is 34.5. The largest absolute Gasteiger partial charge is 0.482 e. The Morgan fingerprint density at radius 3 is 2.48 bits per heavy atom. The Hall–Kier alpha value is -3.15. The highest BCUT2D eigenvalue weighted by molar-refractivity contribution is 5.81. The Balaban J connectivity index is 1.41. The van der Waals surface area contributed by atoms with Gasteiger partial charge in [0.2, 0.25) is 0 Å². The first-order valence-corrected chi connectivity index (χ1v) is 9.80. The number of rotatable bonds is 8. The van der Waals surface area contributed by atoms with Crippen LogP contribution in [0.1, 0.15) is 52.9 Å². The van der Waals surface area contributed by atoms with Gasteiger partial charge in [0.25, 0.3) is 5.91 Å². The number of fused-ring (bicyclic) bond motifs is 1. The molecule has 0 spiro atoms. The smallest absolute Gasteiger partial charge is 0.344 e. The van der Waals surface area contributed by atoms with Gasteiger partial charge in [-0.25, -0.2) is 4.79 Å². The molecule has 1 aliphatic rings. The molecule has 0 unspecified atom stereocenters. The normalized spacial score (nSPS) is 13.7. The molecule has 0 aromatic heterocycles. The van der Waals surface area contributed by atoms with Crippen LogP contribution in [-0.2, 0) is 27.2 Å². The minimum atomic E-state index is -0.638. The summed E-state index contributed by atoms with van der Waals surface area (Å²) in [5.74, 6) is -0.557. The molecule has 0 aliphatic heterocycles. The van der Waals surface area contributed by atoms with Crippen molar-refractivity contribution in [2.45, 2.75) is 38.6 Å². The van der Waals surface area contributed by atoms with Crippen molar-refractivity contribution in [3.8, 4) is 5.75 Å². The first kappa shape index (κ1) is 20.6. The molecule has 0 bridgehead atoms. The van der Waals surface area contributed by atoms with Crippen LogP contribution < -0.4 is 10.1 Å². The molecule has 0 heterocycles. The van der Waals surface area contributed by atoms with E-state index in [-0.39, 0.29) is 25.2 Å². The summed E-state index contributed by atoms with van der Waals surface area (Å²) in [5.41, 5.74) is 4.32. The van der Waals surface area contributed by atoms with Gasteiger partial charge in [0.05, 0.1) is 6.04 Å². The zero-order chi connectivity index (χ0) is 20.6. The monoisotopic (exact) mass is 395 g/mol. The molecular weight excluding hydrogens is 370 g/mol. The number of aldehydes is 1. The Labute approximate surface area is 170 Å². The van der Waals surface area contributed by atoms with Crippen LogP contribution in [0.3, 0.4) is 0 Å². The average molecular weight is 395 g/mol. The topological polar surface area (TPSA) is 81.7 Å². The average Bonchev–Trinajstić information content (AvgIpc) is 2.76. The van der Waals surface area contributed by atoms with Gasteiger partial charge < -0.3 is 14.8 Å². The van der Waals surface area contributed by atoms with E-state index in [9.17, 15) is 14.4 Å². The van der Waals surface area contributed by atoms with E-state index < -0.39 is 5.97 Å². The third-order valence-corrected chi connectivity index (χ3v) is 4.99. The summed E-state index contributed by atoms with van der Waals surface area (Å²) in [6, 6.07) is 12.5. The molecule has 6 nitrogen and oxygen atoms in total. The molecular formula is C23H25NO5. The summed E-state index contributed by atoms with van der Waals surface area (Å²) in [5, 5.41) is 2.85. The molecule has 1 amide bonds. The maximum Gasteiger partial charge on any atom is 0.344 e. The zero-order valence-electron chi connectivity index (χ0n) is 16.5. The van der Waals surface area contributed by atoms with Crippen molar-refractivity contribution in [2.75, 3.05) is 13.2 Å². The predicted molar refractivity (Wildman–Crippen MR) is 108 cm³/mol. The Morgan fingerprint density at radius 1 is 1.03 bits per heavy atom. The lowest BCUT2D eigenvalue weighted by Crippen LogP contribution is -2.32. The van der Waals surface area contributed by atoms with Crippen LogP contribution in [0.4, 0.5) is 0 Å².